The molecule has 2 heterocycles. The average molecular weight is 869 g/mol. The highest BCUT2D eigenvalue weighted by molar-refractivity contribution is 6.40. The van der Waals surface area contributed by atoms with Gasteiger partial charge in [0.1, 0.15) is 23.8 Å². The van der Waals surface area contributed by atoms with Gasteiger partial charge in [-0.15, -0.1) is 0 Å². The fraction of sp³-hybridized carbons (Fsp3) is 0.400. The highest BCUT2D eigenvalue weighted by Crippen LogP contribution is 2.48. The van der Waals surface area contributed by atoms with Gasteiger partial charge in [-0.1, -0.05) is 46.4 Å². The summed E-state index contributed by atoms with van der Waals surface area (Å²) in [5, 5.41) is 5.73. The zero-order valence-electron chi connectivity index (χ0n) is 30.9. The van der Waals surface area contributed by atoms with Gasteiger partial charge in [0.05, 0.1) is 56.8 Å². The molecule has 0 saturated heterocycles. The molecule has 4 fully saturated rings. The number of aromatic nitrogens is 2. The van der Waals surface area contributed by atoms with Crippen molar-refractivity contribution < 1.29 is 42.8 Å². The number of ether oxygens (including phenoxy) is 4. The summed E-state index contributed by atoms with van der Waals surface area (Å²) in [4.78, 5) is 33.0. The van der Waals surface area contributed by atoms with Crippen molar-refractivity contribution in [2.45, 2.75) is 63.6 Å². The number of halogens is 6. The minimum atomic E-state index is -0.726. The van der Waals surface area contributed by atoms with Gasteiger partial charge in [0, 0.05) is 36.9 Å². The molecule has 4 aromatic rings. The van der Waals surface area contributed by atoms with E-state index in [4.69, 9.17) is 65.4 Å². The van der Waals surface area contributed by atoms with E-state index >= 15 is 0 Å². The second kappa shape index (κ2) is 18.2. The summed E-state index contributed by atoms with van der Waals surface area (Å²) >= 11 is 24.1. The smallest absolute Gasteiger partial charge is 0.258 e. The summed E-state index contributed by atoms with van der Waals surface area (Å²) in [6.45, 7) is 0. The number of nitrogens with one attached hydrogen (secondary N) is 2. The van der Waals surface area contributed by atoms with Crippen molar-refractivity contribution in [3.05, 3.63) is 91.9 Å². The van der Waals surface area contributed by atoms with E-state index < -0.39 is 23.4 Å². The third kappa shape index (κ3) is 9.28. The molecule has 6 unspecified atom stereocenters. The Balaban J connectivity index is 0.000000189. The molecule has 57 heavy (non-hydrogen) atoms. The molecule has 4 saturated carbocycles. The first kappa shape index (κ1) is 42.5. The quantitative estimate of drug-likeness (QED) is 0.160. The summed E-state index contributed by atoms with van der Waals surface area (Å²) in [7, 11) is 2.89. The van der Waals surface area contributed by atoms with Crippen molar-refractivity contribution in [2.24, 2.45) is 23.7 Å². The Kier molecular flexibility index (Phi) is 13.6. The van der Waals surface area contributed by atoms with Gasteiger partial charge in [-0.3, -0.25) is 19.6 Å². The number of amides is 2. The van der Waals surface area contributed by atoms with Crippen molar-refractivity contribution in [3.8, 4) is 23.0 Å². The van der Waals surface area contributed by atoms with Crippen LogP contribution in [0.3, 0.4) is 0 Å². The monoisotopic (exact) mass is 866 g/mol. The fourth-order valence-corrected chi connectivity index (χ4v) is 9.25. The number of hydrogen-bond acceptors (Lipinski definition) is 8. The van der Waals surface area contributed by atoms with Crippen LogP contribution in [0.5, 0.6) is 23.0 Å². The maximum Gasteiger partial charge on any atom is 0.258 e. The summed E-state index contributed by atoms with van der Waals surface area (Å²) in [6.07, 6.45) is 14.6. The maximum atomic E-state index is 14.6. The van der Waals surface area contributed by atoms with Gasteiger partial charge in [-0.2, -0.15) is 0 Å². The molecule has 6 atom stereocenters. The molecule has 2 aromatic heterocycles. The normalized spacial score (nSPS) is 22.5. The number of methoxy groups -OCH3 is 2. The van der Waals surface area contributed by atoms with Crippen LogP contribution < -0.4 is 29.6 Å². The second-order valence-electron chi connectivity index (χ2n) is 14.5. The first-order valence-corrected chi connectivity index (χ1v) is 19.7. The molecule has 4 bridgehead atoms. The number of fused-ring (bicyclic) bond motifs is 4. The van der Waals surface area contributed by atoms with Gasteiger partial charge in [0.2, 0.25) is 0 Å². The third-order valence-electron chi connectivity index (χ3n) is 11.1. The van der Waals surface area contributed by atoms with Crippen LogP contribution in [0.15, 0.2) is 49.1 Å². The number of pyridine rings is 2. The predicted molar refractivity (Wildman–Crippen MR) is 214 cm³/mol. The Morgan fingerprint density at radius 2 is 0.965 bits per heavy atom. The summed E-state index contributed by atoms with van der Waals surface area (Å²) < 4.78 is 51.9. The molecule has 11 nitrogen and oxygen atoms in total. The first-order chi connectivity index (χ1) is 26.9. The van der Waals surface area contributed by atoms with Gasteiger partial charge in [0.15, 0.2) is 23.0 Å². The number of benzene rings is 2. The molecule has 2 aromatic carbocycles. The van der Waals surface area contributed by atoms with Gasteiger partial charge in [-0.25, -0.2) is 8.78 Å². The Hall–Kier alpha value is -4.14. The highest BCUT2D eigenvalue weighted by Gasteiger charge is 2.42. The Labute approximate surface area is 347 Å². The van der Waals surface area contributed by atoms with Gasteiger partial charge < -0.3 is 35.1 Å². The molecular weight excluding hydrogens is 828 g/mol. The lowest BCUT2D eigenvalue weighted by Crippen LogP contribution is -2.24. The largest absolute Gasteiger partial charge is 0.493 e. The van der Waals surface area contributed by atoms with E-state index in [9.17, 15) is 18.4 Å². The Bertz CT molecular complexity index is 1960. The number of carbonyl (C=O) groups is 2. The van der Waals surface area contributed by atoms with Crippen molar-refractivity contribution in [1.29, 1.82) is 0 Å². The lowest BCUT2D eigenvalue weighted by atomic mass is 9.97. The van der Waals surface area contributed by atoms with E-state index in [0.29, 0.717) is 35.2 Å². The lowest BCUT2D eigenvalue weighted by molar-refractivity contribution is 0.101. The maximum absolute atomic E-state index is 14.6. The topological polar surface area (TPSA) is 152 Å². The van der Waals surface area contributed by atoms with Crippen LogP contribution in [0.25, 0.3) is 0 Å². The van der Waals surface area contributed by atoms with E-state index in [0.717, 1.165) is 37.8 Å². The van der Waals surface area contributed by atoms with Crippen LogP contribution >= 0.6 is 46.4 Å². The van der Waals surface area contributed by atoms with E-state index in [1.165, 1.54) is 76.8 Å². The first-order valence-electron chi connectivity index (χ1n) is 18.2. The molecule has 8 rings (SSSR count). The standard InChI is InChI=1S/2C20H19Cl2FN2O3.H2O/c2*1-27-17-7-15(23)12(20(26)25-19-13(21)8-24-9-14(19)22)6-18(17)28-16-5-10-2-3-11(16)4-10;/h2*6-11,16H,2-5H2,1H3,(H,24,25,26);1H2. The molecule has 4 aliphatic rings. The van der Waals surface area contributed by atoms with Gasteiger partial charge in [0.25, 0.3) is 11.8 Å². The zero-order chi connectivity index (χ0) is 39.7. The molecular formula is C40H40Cl4F2N4O7. The van der Waals surface area contributed by atoms with Crippen molar-refractivity contribution >= 4 is 69.6 Å². The zero-order valence-corrected chi connectivity index (χ0v) is 33.9. The van der Waals surface area contributed by atoms with Crippen LogP contribution in [0.2, 0.25) is 20.1 Å². The van der Waals surface area contributed by atoms with E-state index in [1.807, 2.05) is 0 Å². The molecule has 0 aliphatic heterocycles. The minimum Gasteiger partial charge on any atom is -0.493 e. The van der Waals surface area contributed by atoms with Gasteiger partial charge in [-0.05, 0) is 87.2 Å². The average Bonchev–Trinajstić information content (AvgIpc) is 4.00. The van der Waals surface area contributed by atoms with Crippen LogP contribution in [0.4, 0.5) is 20.2 Å². The number of rotatable bonds is 10. The summed E-state index contributed by atoms with van der Waals surface area (Å²) in [5.74, 6) is 0.816. The molecule has 304 valence electrons. The van der Waals surface area contributed by atoms with Gasteiger partial charge >= 0.3 is 0 Å². The fourth-order valence-electron chi connectivity index (χ4n) is 8.33. The van der Waals surface area contributed by atoms with E-state index in [-0.39, 0.29) is 71.8 Å². The van der Waals surface area contributed by atoms with Crippen molar-refractivity contribution in [2.75, 3.05) is 24.9 Å². The number of anilines is 2. The van der Waals surface area contributed by atoms with Crippen LogP contribution in [-0.4, -0.2) is 53.7 Å². The molecule has 4 N–H and O–H groups in total. The Morgan fingerprint density at radius 1 is 0.596 bits per heavy atom. The minimum absolute atomic E-state index is 0. The second-order valence-corrected chi connectivity index (χ2v) is 16.1. The third-order valence-corrected chi connectivity index (χ3v) is 12.2. The molecule has 0 spiro atoms. The molecule has 2 amide bonds. The van der Waals surface area contributed by atoms with Crippen molar-refractivity contribution in [3.63, 3.8) is 0 Å². The molecule has 4 aliphatic carbocycles. The number of carbonyl (C=O) groups excluding carboxylic acids is 2. The lowest BCUT2D eigenvalue weighted by Gasteiger charge is -2.24. The SMILES string of the molecule is COc1cc(F)c(C(=O)Nc2c(Cl)cncc2Cl)cc1OC1CC2CCC1C2.COc1cc(F)c(C(=O)Nc2c(Cl)cncc2Cl)cc1OC1CC2CCC1C2.O. The molecule has 17 heteroatoms. The number of hydrogen-bond donors (Lipinski definition) is 2. The predicted octanol–water partition coefficient (Wildman–Crippen LogP) is 9.89. The summed E-state index contributed by atoms with van der Waals surface area (Å²) in [5.41, 5.74) is -0.00551. The van der Waals surface area contributed by atoms with Crippen LogP contribution in [0, 0.1) is 35.3 Å². The van der Waals surface area contributed by atoms with Crippen LogP contribution in [-0.2, 0) is 0 Å². The highest BCUT2D eigenvalue weighted by atomic mass is 35.5. The van der Waals surface area contributed by atoms with E-state index in [2.05, 4.69) is 20.6 Å². The summed E-state index contributed by atoms with van der Waals surface area (Å²) in [6, 6.07) is 5.07. The number of nitrogens with zero attached hydrogens (tertiary/aromatic N) is 2. The van der Waals surface area contributed by atoms with Crippen molar-refractivity contribution in [1.82, 2.24) is 9.97 Å². The van der Waals surface area contributed by atoms with Crippen LogP contribution in [0.1, 0.15) is 72.1 Å². The molecule has 0 radical (unpaired) electrons. The Morgan fingerprint density at radius 3 is 1.26 bits per heavy atom. The van der Waals surface area contributed by atoms with E-state index in [1.54, 1.807) is 0 Å².